The van der Waals surface area contributed by atoms with Gasteiger partial charge >= 0.3 is 0 Å². The van der Waals surface area contributed by atoms with E-state index in [1.807, 2.05) is 37.3 Å². The van der Waals surface area contributed by atoms with Crippen molar-refractivity contribution < 1.29 is 9.53 Å². The first kappa shape index (κ1) is 22.1. The number of thioether (sulfide) groups is 1. The summed E-state index contributed by atoms with van der Waals surface area (Å²) >= 11 is 1.36. The number of aromatic nitrogens is 2. The molecule has 1 saturated heterocycles. The van der Waals surface area contributed by atoms with Crippen molar-refractivity contribution in [3.63, 3.8) is 0 Å². The molecule has 1 aliphatic heterocycles. The number of amides is 1. The Balaban J connectivity index is 1.33. The smallest absolute Gasteiger partial charge is 0.234 e. The maximum absolute atomic E-state index is 12.4. The lowest BCUT2D eigenvalue weighted by molar-refractivity contribution is -0.113. The van der Waals surface area contributed by atoms with E-state index in [9.17, 15) is 4.79 Å². The summed E-state index contributed by atoms with van der Waals surface area (Å²) in [6.45, 7) is 4.24. The molecule has 0 saturated carbocycles. The number of ether oxygens (including phenoxy) is 1. The summed E-state index contributed by atoms with van der Waals surface area (Å²) in [5, 5.41) is 12.3. The lowest BCUT2D eigenvalue weighted by Gasteiger charge is -2.28. The van der Waals surface area contributed by atoms with Crippen LogP contribution in [-0.2, 0) is 4.79 Å². The molecule has 0 unspecified atom stereocenters. The van der Waals surface area contributed by atoms with E-state index in [-0.39, 0.29) is 11.7 Å². The van der Waals surface area contributed by atoms with Crippen molar-refractivity contribution in [3.8, 4) is 17.0 Å². The molecule has 1 amide bonds. The third-order valence-electron chi connectivity index (χ3n) is 5.50. The summed E-state index contributed by atoms with van der Waals surface area (Å²) in [7, 11) is 1.59. The van der Waals surface area contributed by atoms with Gasteiger partial charge in [-0.3, -0.25) is 4.79 Å². The van der Waals surface area contributed by atoms with Crippen LogP contribution in [0.3, 0.4) is 0 Å². The van der Waals surface area contributed by atoms with Gasteiger partial charge in [0.15, 0.2) is 0 Å². The highest BCUT2D eigenvalue weighted by Crippen LogP contribution is 2.27. The van der Waals surface area contributed by atoms with Gasteiger partial charge in [-0.2, -0.15) is 0 Å². The Kier molecular flexibility index (Phi) is 7.27. The van der Waals surface area contributed by atoms with Gasteiger partial charge in [0.2, 0.25) is 5.91 Å². The van der Waals surface area contributed by atoms with Gasteiger partial charge in [0, 0.05) is 24.3 Å². The van der Waals surface area contributed by atoms with E-state index in [0.29, 0.717) is 16.5 Å². The lowest BCUT2D eigenvalue weighted by Crippen LogP contribution is -2.29. The topological polar surface area (TPSA) is 67.3 Å². The first-order valence-electron chi connectivity index (χ1n) is 10.9. The molecule has 2 aromatic carbocycles. The van der Waals surface area contributed by atoms with Crippen LogP contribution in [0.15, 0.2) is 59.6 Å². The van der Waals surface area contributed by atoms with Crippen molar-refractivity contribution in [2.45, 2.75) is 31.2 Å². The Labute approximate surface area is 193 Å². The third-order valence-corrected chi connectivity index (χ3v) is 6.42. The number of nitrogens with one attached hydrogen (secondary N) is 1. The highest BCUT2D eigenvalue weighted by molar-refractivity contribution is 7.99. The van der Waals surface area contributed by atoms with Crippen molar-refractivity contribution in [1.82, 2.24) is 10.2 Å². The molecular weight excluding hydrogens is 420 g/mol. The van der Waals surface area contributed by atoms with Gasteiger partial charge in [0.25, 0.3) is 0 Å². The van der Waals surface area contributed by atoms with Crippen LogP contribution < -0.4 is 15.0 Å². The van der Waals surface area contributed by atoms with Crippen molar-refractivity contribution in [1.29, 1.82) is 0 Å². The number of methoxy groups -OCH3 is 1. The van der Waals surface area contributed by atoms with Crippen LogP contribution in [0, 0.1) is 6.92 Å². The van der Waals surface area contributed by atoms with Crippen molar-refractivity contribution in [2.24, 2.45) is 0 Å². The lowest BCUT2D eigenvalue weighted by atomic mass is 10.1. The zero-order chi connectivity index (χ0) is 22.3. The summed E-state index contributed by atoms with van der Waals surface area (Å²) in [5.74, 6) is 0.776. The summed E-state index contributed by atoms with van der Waals surface area (Å²) in [5.41, 5.74) is 4.86. The fraction of sp³-hybridized carbons (Fsp3) is 0.320. The molecule has 1 fully saturated rings. The second kappa shape index (κ2) is 10.5. The molecule has 4 rings (SSSR count). The summed E-state index contributed by atoms with van der Waals surface area (Å²) in [6, 6.07) is 18.1. The normalized spacial score (nSPS) is 13.6. The van der Waals surface area contributed by atoms with Crippen LogP contribution in [-0.4, -0.2) is 42.1 Å². The van der Waals surface area contributed by atoms with E-state index in [4.69, 9.17) is 4.74 Å². The Hall–Kier alpha value is -3.06. The number of aryl methyl sites for hydroxylation is 1. The van der Waals surface area contributed by atoms with Crippen LogP contribution in [0.25, 0.3) is 11.3 Å². The summed E-state index contributed by atoms with van der Waals surface area (Å²) < 4.78 is 5.31. The first-order valence-corrected chi connectivity index (χ1v) is 11.9. The number of hydrogen-bond donors (Lipinski definition) is 1. The fourth-order valence-corrected chi connectivity index (χ4v) is 4.41. The molecule has 1 aromatic heterocycles. The average Bonchev–Trinajstić information content (AvgIpc) is 2.84. The largest absolute Gasteiger partial charge is 0.495 e. The number of rotatable bonds is 7. The van der Waals surface area contributed by atoms with Crippen LogP contribution in [0.5, 0.6) is 5.75 Å². The zero-order valence-electron chi connectivity index (χ0n) is 18.5. The van der Waals surface area contributed by atoms with E-state index >= 15 is 0 Å². The van der Waals surface area contributed by atoms with Crippen LogP contribution in [0.1, 0.15) is 24.8 Å². The summed E-state index contributed by atoms with van der Waals surface area (Å²) in [4.78, 5) is 14.8. The number of benzene rings is 2. The molecule has 0 radical (unpaired) electrons. The maximum atomic E-state index is 12.4. The van der Waals surface area contributed by atoms with Gasteiger partial charge in [-0.05, 0) is 68.1 Å². The van der Waals surface area contributed by atoms with Gasteiger partial charge in [0.1, 0.15) is 10.8 Å². The third kappa shape index (κ3) is 5.59. The standard InChI is InChI=1S/C25H28N4O2S/c1-18-6-12-23(31-2)22(16-18)26-24(30)17-32-25-13-11-21(27-28-25)19-7-9-20(10-8-19)29-14-4-3-5-15-29/h6-13,16H,3-5,14-15,17H2,1-2H3,(H,26,30). The van der Waals surface area contributed by atoms with E-state index in [1.54, 1.807) is 7.11 Å². The molecule has 166 valence electrons. The molecule has 0 aliphatic carbocycles. The molecule has 7 heteroatoms. The first-order chi connectivity index (χ1) is 15.6. The molecule has 3 aromatic rings. The monoisotopic (exact) mass is 448 g/mol. The minimum atomic E-state index is -0.113. The molecule has 32 heavy (non-hydrogen) atoms. The quantitative estimate of drug-likeness (QED) is 0.502. The molecular formula is C25H28N4O2S. The number of nitrogens with zero attached hydrogens (tertiary/aromatic N) is 3. The molecule has 0 bridgehead atoms. The Morgan fingerprint density at radius 1 is 1.03 bits per heavy atom. The van der Waals surface area contributed by atoms with E-state index < -0.39 is 0 Å². The number of piperidine rings is 1. The molecule has 0 atom stereocenters. The second-order valence-electron chi connectivity index (χ2n) is 7.89. The number of anilines is 2. The minimum Gasteiger partial charge on any atom is -0.495 e. The van der Waals surface area contributed by atoms with Gasteiger partial charge in [-0.1, -0.05) is 30.0 Å². The zero-order valence-corrected chi connectivity index (χ0v) is 19.3. The summed E-state index contributed by atoms with van der Waals surface area (Å²) in [6.07, 6.45) is 3.86. The maximum Gasteiger partial charge on any atom is 0.234 e. The average molecular weight is 449 g/mol. The van der Waals surface area contributed by atoms with Crippen molar-refractivity contribution in [2.75, 3.05) is 36.2 Å². The SMILES string of the molecule is COc1ccc(C)cc1NC(=O)CSc1ccc(-c2ccc(N3CCCCC3)cc2)nn1. The molecule has 0 spiro atoms. The van der Waals surface area contributed by atoms with Crippen molar-refractivity contribution >= 4 is 29.0 Å². The van der Waals surface area contributed by atoms with Gasteiger partial charge < -0.3 is 15.0 Å². The van der Waals surface area contributed by atoms with Crippen molar-refractivity contribution in [3.05, 3.63) is 60.2 Å². The van der Waals surface area contributed by atoms with Crippen LogP contribution in [0.2, 0.25) is 0 Å². The Morgan fingerprint density at radius 2 is 1.81 bits per heavy atom. The van der Waals surface area contributed by atoms with E-state index in [0.717, 1.165) is 29.9 Å². The predicted octanol–water partition coefficient (Wildman–Crippen LogP) is 5.18. The number of carbonyl (C=O) groups is 1. The van der Waals surface area contributed by atoms with Crippen LogP contribution in [0.4, 0.5) is 11.4 Å². The van der Waals surface area contributed by atoms with E-state index in [2.05, 4.69) is 44.7 Å². The highest BCUT2D eigenvalue weighted by Gasteiger charge is 2.12. The molecule has 1 N–H and O–H groups in total. The van der Waals surface area contributed by atoms with Gasteiger partial charge in [-0.15, -0.1) is 10.2 Å². The number of carbonyl (C=O) groups excluding carboxylic acids is 1. The molecule has 6 nitrogen and oxygen atoms in total. The predicted molar refractivity (Wildman–Crippen MR) is 131 cm³/mol. The Bertz CT molecular complexity index is 1050. The van der Waals surface area contributed by atoms with Crippen LogP contribution >= 0.6 is 11.8 Å². The van der Waals surface area contributed by atoms with Gasteiger partial charge in [0.05, 0.1) is 24.2 Å². The Morgan fingerprint density at radius 3 is 2.50 bits per heavy atom. The fourth-order valence-electron chi connectivity index (χ4n) is 3.79. The highest BCUT2D eigenvalue weighted by atomic mass is 32.2. The minimum absolute atomic E-state index is 0.113. The number of hydrogen-bond acceptors (Lipinski definition) is 6. The molecule has 2 heterocycles. The second-order valence-corrected chi connectivity index (χ2v) is 8.89. The molecule has 1 aliphatic rings. The van der Waals surface area contributed by atoms with E-state index in [1.165, 1.54) is 36.7 Å². The van der Waals surface area contributed by atoms with Gasteiger partial charge in [-0.25, -0.2) is 0 Å².